The quantitative estimate of drug-likeness (QED) is 0.831. The van der Waals surface area contributed by atoms with E-state index in [-0.39, 0.29) is 11.1 Å². The molecule has 0 bridgehead atoms. The number of rotatable bonds is 4. The number of esters is 1. The highest BCUT2D eigenvalue weighted by Gasteiger charge is 2.19. The Hall–Kier alpha value is -2.15. The fourth-order valence-electron chi connectivity index (χ4n) is 1.36. The van der Waals surface area contributed by atoms with Crippen LogP contribution in [-0.2, 0) is 9.53 Å². The number of halogens is 2. The van der Waals surface area contributed by atoms with Gasteiger partial charge in [0.2, 0.25) is 0 Å². The van der Waals surface area contributed by atoms with Gasteiger partial charge in [-0.2, -0.15) is 0 Å². The third-order valence-electron chi connectivity index (χ3n) is 2.17. The molecule has 2 N–H and O–H groups in total. The van der Waals surface area contributed by atoms with Gasteiger partial charge >= 0.3 is 12.0 Å². The molecule has 0 saturated heterocycles. The lowest BCUT2D eigenvalue weighted by Crippen LogP contribution is -2.44. The zero-order valence-corrected chi connectivity index (χ0v) is 12.2. The predicted molar refractivity (Wildman–Crippen MR) is 73.5 cm³/mol. The van der Waals surface area contributed by atoms with Gasteiger partial charge in [-0.15, -0.1) is 0 Å². The van der Waals surface area contributed by atoms with Crippen LogP contribution in [0.4, 0.5) is 9.18 Å². The number of carbonyl (C=O) groups excluding carboxylic acids is 3. The third-order valence-corrected chi connectivity index (χ3v) is 2.49. The predicted octanol–water partition coefficient (Wildman–Crippen LogP) is 1.87. The highest BCUT2D eigenvalue weighted by Crippen LogP contribution is 2.19. The Labute approximate surface area is 125 Å². The van der Waals surface area contributed by atoms with E-state index in [0.717, 1.165) is 6.07 Å². The minimum atomic E-state index is -1.09. The SMILES string of the molecule is CC(C)NC(=O)NC(=O)COC(=O)c1c(F)cccc1Cl. The molecule has 0 aromatic heterocycles. The Balaban J connectivity index is 2.53. The zero-order chi connectivity index (χ0) is 16.0. The molecule has 1 aromatic carbocycles. The standard InChI is InChI=1S/C13H14ClFN2O4/c1-7(2)16-13(20)17-10(18)6-21-12(19)11-8(14)4-3-5-9(11)15/h3-5,7H,6H2,1-2H3,(H2,16,17,18,20). The molecule has 0 heterocycles. The van der Waals surface area contributed by atoms with Crippen LogP contribution in [0.15, 0.2) is 18.2 Å². The summed E-state index contributed by atoms with van der Waals surface area (Å²) < 4.78 is 18.0. The number of benzene rings is 1. The van der Waals surface area contributed by atoms with E-state index in [1.807, 2.05) is 5.32 Å². The van der Waals surface area contributed by atoms with Crippen LogP contribution in [0.2, 0.25) is 5.02 Å². The zero-order valence-electron chi connectivity index (χ0n) is 11.4. The molecule has 3 amide bonds. The summed E-state index contributed by atoms with van der Waals surface area (Å²) in [7, 11) is 0. The number of imide groups is 1. The molecule has 0 aliphatic rings. The number of amides is 3. The van der Waals surface area contributed by atoms with Crippen molar-refractivity contribution in [3.05, 3.63) is 34.6 Å². The maximum Gasteiger partial charge on any atom is 0.343 e. The van der Waals surface area contributed by atoms with Gasteiger partial charge < -0.3 is 10.1 Å². The van der Waals surface area contributed by atoms with Crippen molar-refractivity contribution in [2.24, 2.45) is 0 Å². The molecule has 0 atom stereocenters. The number of nitrogens with one attached hydrogen (secondary N) is 2. The summed E-state index contributed by atoms with van der Waals surface area (Å²) in [6.07, 6.45) is 0. The molecular formula is C13H14ClFN2O4. The molecule has 1 rings (SSSR count). The lowest BCUT2D eigenvalue weighted by atomic mass is 10.2. The Morgan fingerprint density at radius 3 is 2.57 bits per heavy atom. The summed E-state index contributed by atoms with van der Waals surface area (Å²) in [5.74, 6) is -2.78. The fraction of sp³-hybridized carbons (Fsp3) is 0.308. The van der Waals surface area contributed by atoms with E-state index in [0.29, 0.717) is 0 Å². The van der Waals surface area contributed by atoms with Crippen LogP contribution in [0.25, 0.3) is 0 Å². The minimum Gasteiger partial charge on any atom is -0.452 e. The van der Waals surface area contributed by atoms with E-state index in [1.54, 1.807) is 13.8 Å². The van der Waals surface area contributed by atoms with Crippen molar-refractivity contribution in [1.82, 2.24) is 10.6 Å². The van der Waals surface area contributed by atoms with Crippen molar-refractivity contribution >= 4 is 29.5 Å². The first-order valence-corrected chi connectivity index (χ1v) is 6.40. The van der Waals surface area contributed by atoms with Crippen molar-refractivity contribution < 1.29 is 23.5 Å². The fourth-order valence-corrected chi connectivity index (χ4v) is 1.60. The van der Waals surface area contributed by atoms with Gasteiger partial charge in [-0.1, -0.05) is 17.7 Å². The molecule has 0 spiro atoms. The van der Waals surface area contributed by atoms with Gasteiger partial charge in [0.05, 0.1) is 5.02 Å². The second-order valence-electron chi connectivity index (χ2n) is 4.35. The van der Waals surface area contributed by atoms with Crippen LogP contribution in [0.5, 0.6) is 0 Å². The molecule has 0 radical (unpaired) electrons. The van der Waals surface area contributed by atoms with Gasteiger partial charge in [0, 0.05) is 6.04 Å². The van der Waals surface area contributed by atoms with Crippen LogP contribution in [0.3, 0.4) is 0 Å². The summed E-state index contributed by atoms with van der Waals surface area (Å²) in [5.41, 5.74) is -0.460. The maximum atomic E-state index is 13.4. The van der Waals surface area contributed by atoms with E-state index in [4.69, 9.17) is 11.6 Å². The Kier molecular flexibility index (Phi) is 6.10. The highest BCUT2D eigenvalue weighted by atomic mass is 35.5. The smallest absolute Gasteiger partial charge is 0.343 e. The van der Waals surface area contributed by atoms with E-state index >= 15 is 0 Å². The Morgan fingerprint density at radius 2 is 2.00 bits per heavy atom. The van der Waals surface area contributed by atoms with Gasteiger partial charge in [0.1, 0.15) is 11.4 Å². The van der Waals surface area contributed by atoms with Crippen molar-refractivity contribution in [2.75, 3.05) is 6.61 Å². The summed E-state index contributed by atoms with van der Waals surface area (Å²) in [4.78, 5) is 34.2. The molecule has 114 valence electrons. The average molecular weight is 317 g/mol. The van der Waals surface area contributed by atoms with Gasteiger partial charge in [-0.05, 0) is 26.0 Å². The Bertz CT molecular complexity index is 543. The monoisotopic (exact) mass is 316 g/mol. The molecule has 0 saturated carbocycles. The lowest BCUT2D eigenvalue weighted by Gasteiger charge is -2.10. The number of urea groups is 1. The van der Waals surface area contributed by atoms with Crippen molar-refractivity contribution in [3.63, 3.8) is 0 Å². The van der Waals surface area contributed by atoms with Crippen molar-refractivity contribution in [3.8, 4) is 0 Å². The molecule has 0 aliphatic heterocycles. The van der Waals surface area contributed by atoms with Crippen LogP contribution < -0.4 is 10.6 Å². The first-order chi connectivity index (χ1) is 9.81. The third kappa shape index (κ3) is 5.39. The number of hydrogen-bond donors (Lipinski definition) is 2. The maximum absolute atomic E-state index is 13.4. The second kappa shape index (κ2) is 7.58. The summed E-state index contributed by atoms with van der Waals surface area (Å²) >= 11 is 5.68. The van der Waals surface area contributed by atoms with Gasteiger partial charge in [0.15, 0.2) is 6.61 Å². The molecule has 1 aromatic rings. The van der Waals surface area contributed by atoms with Crippen molar-refractivity contribution in [2.45, 2.75) is 19.9 Å². The molecule has 21 heavy (non-hydrogen) atoms. The number of ether oxygens (including phenoxy) is 1. The van der Waals surface area contributed by atoms with Crippen LogP contribution in [0, 0.1) is 5.82 Å². The highest BCUT2D eigenvalue weighted by molar-refractivity contribution is 6.33. The van der Waals surface area contributed by atoms with E-state index in [9.17, 15) is 18.8 Å². The normalized spacial score (nSPS) is 10.1. The molecule has 0 unspecified atom stereocenters. The minimum absolute atomic E-state index is 0.127. The number of carbonyl (C=O) groups is 3. The van der Waals surface area contributed by atoms with Crippen LogP contribution >= 0.6 is 11.6 Å². The van der Waals surface area contributed by atoms with Crippen LogP contribution in [-0.4, -0.2) is 30.6 Å². The summed E-state index contributed by atoms with van der Waals surface area (Å²) in [5, 5.41) is 4.25. The van der Waals surface area contributed by atoms with E-state index < -0.39 is 35.9 Å². The Morgan fingerprint density at radius 1 is 1.33 bits per heavy atom. The summed E-state index contributed by atoms with van der Waals surface area (Å²) in [6.45, 7) is 2.70. The lowest BCUT2D eigenvalue weighted by molar-refractivity contribution is -0.123. The average Bonchev–Trinajstić information content (AvgIpc) is 2.35. The van der Waals surface area contributed by atoms with Gasteiger partial charge in [0.25, 0.3) is 5.91 Å². The molecule has 8 heteroatoms. The molecule has 0 fully saturated rings. The van der Waals surface area contributed by atoms with E-state index in [2.05, 4.69) is 10.1 Å². The largest absolute Gasteiger partial charge is 0.452 e. The first kappa shape index (κ1) is 16.9. The van der Waals surface area contributed by atoms with Crippen molar-refractivity contribution in [1.29, 1.82) is 0 Å². The molecular weight excluding hydrogens is 303 g/mol. The molecule has 6 nitrogen and oxygen atoms in total. The molecule has 0 aliphatic carbocycles. The number of hydrogen-bond acceptors (Lipinski definition) is 4. The first-order valence-electron chi connectivity index (χ1n) is 6.02. The van der Waals surface area contributed by atoms with Gasteiger partial charge in [-0.25, -0.2) is 14.0 Å². The summed E-state index contributed by atoms with van der Waals surface area (Å²) in [6, 6.07) is 2.82. The topological polar surface area (TPSA) is 84.5 Å². The van der Waals surface area contributed by atoms with Crippen LogP contribution in [0.1, 0.15) is 24.2 Å². The van der Waals surface area contributed by atoms with E-state index in [1.165, 1.54) is 12.1 Å². The second-order valence-corrected chi connectivity index (χ2v) is 4.76. The van der Waals surface area contributed by atoms with Gasteiger partial charge in [-0.3, -0.25) is 10.1 Å².